The van der Waals surface area contributed by atoms with Crippen molar-refractivity contribution in [3.8, 4) is 34.2 Å². The summed E-state index contributed by atoms with van der Waals surface area (Å²) in [5, 5.41) is 11.2. The summed E-state index contributed by atoms with van der Waals surface area (Å²) in [6, 6.07) is 48.4. The zero-order valence-corrected chi connectivity index (χ0v) is 25.1. The summed E-state index contributed by atoms with van der Waals surface area (Å²) < 4.78 is 6.15. The molecule has 0 amide bonds. The molecule has 10 rings (SSSR count). The van der Waals surface area contributed by atoms with Crippen LogP contribution in [0.15, 0.2) is 150 Å². The van der Waals surface area contributed by atoms with Gasteiger partial charge in [0.2, 0.25) is 5.71 Å². The van der Waals surface area contributed by atoms with E-state index in [0.29, 0.717) is 23.2 Å². The number of aromatic nitrogens is 4. The Labute approximate surface area is 268 Å². The molecule has 5 nitrogen and oxygen atoms in total. The van der Waals surface area contributed by atoms with Crippen LogP contribution in [0.5, 0.6) is 0 Å². The minimum atomic E-state index is 0.556. The van der Waals surface area contributed by atoms with Gasteiger partial charge >= 0.3 is 0 Å². The molecular weight excluding hydrogens is 576 g/mol. The van der Waals surface area contributed by atoms with Crippen LogP contribution in [0.1, 0.15) is 0 Å². The van der Waals surface area contributed by atoms with E-state index in [9.17, 15) is 0 Å². The lowest BCUT2D eigenvalue weighted by Crippen LogP contribution is -2.01. The molecule has 5 heteroatoms. The fourth-order valence-corrected chi connectivity index (χ4v) is 6.97. The number of rotatable bonds is 3. The third-order valence-electron chi connectivity index (χ3n) is 9.15. The number of hydrogen-bond donors (Lipinski definition) is 0. The van der Waals surface area contributed by atoms with E-state index in [1.807, 2.05) is 24.3 Å². The predicted octanol–water partition coefficient (Wildman–Crippen LogP) is 10.8. The normalized spacial score (nSPS) is 11.8. The average molecular weight is 601 g/mol. The number of nitrogens with zero attached hydrogens (tertiary/aromatic N) is 4. The Kier molecular flexibility index (Phi) is 5.51. The molecule has 0 spiro atoms. The Hall–Kier alpha value is -6.46. The van der Waals surface area contributed by atoms with Gasteiger partial charge < -0.3 is 4.42 Å². The Balaban J connectivity index is 1.30. The number of para-hydroxylation sites is 1. The molecular formula is C42H24N4O. The molecule has 7 aromatic carbocycles. The Morgan fingerprint density at radius 1 is 0.404 bits per heavy atom. The van der Waals surface area contributed by atoms with E-state index in [1.54, 1.807) is 6.20 Å². The van der Waals surface area contributed by atoms with Gasteiger partial charge in [-0.3, -0.25) is 0 Å². The van der Waals surface area contributed by atoms with E-state index in [0.717, 1.165) is 54.6 Å². The number of fused-ring (bicyclic) bond motifs is 9. The summed E-state index contributed by atoms with van der Waals surface area (Å²) in [6.07, 6.45) is 1.76. The van der Waals surface area contributed by atoms with Crippen molar-refractivity contribution in [1.29, 1.82) is 0 Å². The van der Waals surface area contributed by atoms with E-state index in [4.69, 9.17) is 19.4 Å². The largest absolute Gasteiger partial charge is 0.438 e. The van der Waals surface area contributed by atoms with E-state index in [-0.39, 0.29) is 0 Å². The van der Waals surface area contributed by atoms with Crippen molar-refractivity contribution in [3.63, 3.8) is 0 Å². The molecule has 218 valence electrons. The molecule has 0 radical (unpaired) electrons. The van der Waals surface area contributed by atoms with Gasteiger partial charge in [-0.2, -0.15) is 0 Å². The van der Waals surface area contributed by atoms with Gasteiger partial charge in [0, 0.05) is 28.3 Å². The first kappa shape index (κ1) is 25.8. The van der Waals surface area contributed by atoms with Crippen molar-refractivity contribution in [2.24, 2.45) is 0 Å². The molecule has 47 heavy (non-hydrogen) atoms. The van der Waals surface area contributed by atoms with Crippen LogP contribution < -0.4 is 0 Å². The first-order valence-electron chi connectivity index (χ1n) is 15.6. The second kappa shape index (κ2) is 10.0. The summed E-state index contributed by atoms with van der Waals surface area (Å²) in [7, 11) is 0. The molecule has 0 aliphatic heterocycles. The third kappa shape index (κ3) is 4.03. The fraction of sp³-hybridized carbons (Fsp3) is 0. The van der Waals surface area contributed by atoms with Gasteiger partial charge in [0.25, 0.3) is 0 Å². The topological polar surface area (TPSA) is 64.7 Å². The predicted molar refractivity (Wildman–Crippen MR) is 191 cm³/mol. The van der Waals surface area contributed by atoms with Gasteiger partial charge in [-0.15, -0.1) is 0 Å². The Morgan fingerprint density at radius 2 is 1.04 bits per heavy atom. The van der Waals surface area contributed by atoms with Crippen LogP contribution in [0.2, 0.25) is 0 Å². The molecule has 0 N–H and O–H groups in total. The highest BCUT2D eigenvalue weighted by Gasteiger charge is 2.20. The zero-order valence-electron chi connectivity index (χ0n) is 25.1. The lowest BCUT2D eigenvalue weighted by Gasteiger charge is -2.14. The molecule has 0 saturated heterocycles. The molecule has 0 fully saturated rings. The number of hydrogen-bond acceptors (Lipinski definition) is 5. The Morgan fingerprint density at radius 3 is 1.91 bits per heavy atom. The zero-order chi connectivity index (χ0) is 30.9. The van der Waals surface area contributed by atoms with Crippen LogP contribution in [0.3, 0.4) is 0 Å². The van der Waals surface area contributed by atoms with Crippen LogP contribution in [0.25, 0.3) is 99.3 Å². The van der Waals surface area contributed by atoms with Crippen LogP contribution in [-0.2, 0) is 0 Å². The van der Waals surface area contributed by atoms with Crippen molar-refractivity contribution in [1.82, 2.24) is 19.9 Å². The van der Waals surface area contributed by atoms with Gasteiger partial charge in [-0.1, -0.05) is 115 Å². The maximum Gasteiger partial charge on any atom is 0.228 e. The van der Waals surface area contributed by atoms with Crippen molar-refractivity contribution in [3.05, 3.63) is 146 Å². The second-order valence-electron chi connectivity index (χ2n) is 11.9. The minimum Gasteiger partial charge on any atom is -0.438 e. The van der Waals surface area contributed by atoms with E-state index >= 15 is 0 Å². The van der Waals surface area contributed by atoms with Crippen molar-refractivity contribution >= 4 is 65.2 Å². The third-order valence-corrected chi connectivity index (χ3v) is 9.15. The highest BCUT2D eigenvalue weighted by atomic mass is 16.3. The van der Waals surface area contributed by atoms with Crippen LogP contribution in [0, 0.1) is 0 Å². The number of benzene rings is 7. The van der Waals surface area contributed by atoms with Gasteiger partial charge in [-0.05, 0) is 67.4 Å². The maximum atomic E-state index is 6.15. The molecule has 0 bridgehead atoms. The van der Waals surface area contributed by atoms with Gasteiger partial charge in [0.1, 0.15) is 5.58 Å². The molecule has 0 saturated carbocycles. The molecule has 0 aliphatic rings. The van der Waals surface area contributed by atoms with Crippen LogP contribution >= 0.6 is 0 Å². The molecule has 0 aliphatic carbocycles. The van der Waals surface area contributed by atoms with E-state index in [1.165, 1.54) is 21.5 Å². The lowest BCUT2D eigenvalue weighted by atomic mass is 9.93. The summed E-state index contributed by atoms with van der Waals surface area (Å²) in [4.78, 5) is 20.1. The number of pyridine rings is 1. The first-order valence-corrected chi connectivity index (χ1v) is 15.6. The fourth-order valence-electron chi connectivity index (χ4n) is 6.97. The van der Waals surface area contributed by atoms with Gasteiger partial charge in [-0.25, -0.2) is 19.9 Å². The second-order valence-corrected chi connectivity index (χ2v) is 11.9. The SMILES string of the molecule is c1ccc2cc(-c3nc(-c4cc5ccc6ccccc6c5c5ccccc45)nc(-c4ccnc5oc6ccccc6c45)n3)ccc2c1. The monoisotopic (exact) mass is 600 g/mol. The molecule has 0 unspecified atom stereocenters. The molecule has 0 atom stereocenters. The average Bonchev–Trinajstić information content (AvgIpc) is 3.53. The smallest absolute Gasteiger partial charge is 0.228 e. The number of furan rings is 1. The van der Waals surface area contributed by atoms with Crippen molar-refractivity contribution in [2.45, 2.75) is 0 Å². The quantitative estimate of drug-likeness (QED) is 0.189. The summed E-state index contributed by atoms with van der Waals surface area (Å²) in [5.41, 5.74) is 4.06. The Bertz CT molecular complexity index is 2870. The first-order chi connectivity index (χ1) is 23.3. The standard InChI is InChI=1S/C42H24N4O/c1-2-11-27-23-29(20-17-25(27)9-1)39-44-40(34-21-22-43-42-38(34)33-15-7-8-16-36(33)47-42)46-41(45-39)35-24-28-19-18-26-10-3-4-12-30(26)37(28)32-14-6-5-13-31(32)35/h1-24H. The molecule has 3 heterocycles. The maximum absolute atomic E-state index is 6.15. The van der Waals surface area contributed by atoms with Crippen LogP contribution in [-0.4, -0.2) is 19.9 Å². The van der Waals surface area contributed by atoms with Gasteiger partial charge in [0.15, 0.2) is 17.5 Å². The van der Waals surface area contributed by atoms with Crippen molar-refractivity contribution in [2.75, 3.05) is 0 Å². The van der Waals surface area contributed by atoms with Gasteiger partial charge in [0.05, 0.1) is 5.39 Å². The van der Waals surface area contributed by atoms with E-state index < -0.39 is 0 Å². The molecule has 3 aromatic heterocycles. The van der Waals surface area contributed by atoms with Crippen LogP contribution in [0.4, 0.5) is 0 Å². The lowest BCUT2D eigenvalue weighted by molar-refractivity contribution is 0.654. The highest BCUT2D eigenvalue weighted by molar-refractivity contribution is 6.23. The highest BCUT2D eigenvalue weighted by Crippen LogP contribution is 2.40. The summed E-state index contributed by atoms with van der Waals surface area (Å²) in [5.74, 6) is 1.79. The van der Waals surface area contributed by atoms with E-state index in [2.05, 4.69) is 120 Å². The molecule has 10 aromatic rings. The summed E-state index contributed by atoms with van der Waals surface area (Å²) in [6.45, 7) is 0. The summed E-state index contributed by atoms with van der Waals surface area (Å²) >= 11 is 0. The minimum absolute atomic E-state index is 0.556. The van der Waals surface area contributed by atoms with Crippen molar-refractivity contribution < 1.29 is 4.42 Å².